The van der Waals surface area contributed by atoms with Crippen LogP contribution in [0.5, 0.6) is 0 Å². The highest BCUT2D eigenvalue weighted by Gasteiger charge is 2.55. The van der Waals surface area contributed by atoms with Crippen LogP contribution in [-0.2, 0) is 13.3 Å². The van der Waals surface area contributed by atoms with Crippen molar-refractivity contribution in [3.8, 4) is 0 Å². The second kappa shape index (κ2) is 20.2. The van der Waals surface area contributed by atoms with Crippen molar-refractivity contribution >= 4 is 48.2 Å². The molecule has 8 atom stereocenters. The van der Waals surface area contributed by atoms with E-state index in [4.69, 9.17) is 36.5 Å². The maximum atomic E-state index is 9.29. The van der Waals surface area contributed by atoms with Crippen molar-refractivity contribution in [1.82, 2.24) is 0 Å². The standard InChI is InChI=1S/C26H52O2Si2.C20H38O2Si.CH2Cl2/c1-20(17-19-27-29(9,10)24(2,3)4)21-15-16-22-23(14-13-18-26(21,22)8)28-30(11,12)25(5,6)7;1-15(12-14-21)16-10-11-17-18(9-8-13-20(16,17)5)22-23(6,7)19(2,3)4;2-1-3/h21-23H,1,13-19H2,2-12H3;16-18,21H,1,8-14H2,2-7H3;1H2/t21-,22?,23+,26-;16-,17?,18+,20-;/m11./s1. The summed E-state index contributed by atoms with van der Waals surface area (Å²) in [5.74, 6) is 2.58. The first-order valence-electron chi connectivity index (χ1n) is 22.4. The van der Waals surface area contributed by atoms with Gasteiger partial charge in [0.25, 0.3) is 0 Å². The first kappa shape index (κ1) is 52.7. The highest BCUT2D eigenvalue weighted by Crippen LogP contribution is 2.60. The van der Waals surface area contributed by atoms with E-state index in [0.29, 0.717) is 46.7 Å². The summed E-state index contributed by atoms with van der Waals surface area (Å²) in [6.07, 6.45) is 15.5. The van der Waals surface area contributed by atoms with Gasteiger partial charge in [-0.25, -0.2) is 0 Å². The largest absolute Gasteiger partial charge is 0.417 e. The van der Waals surface area contributed by atoms with Crippen molar-refractivity contribution in [3.05, 3.63) is 24.3 Å². The molecule has 0 aliphatic heterocycles. The Morgan fingerprint density at radius 3 is 1.27 bits per heavy atom. The molecule has 56 heavy (non-hydrogen) atoms. The molecule has 4 nitrogen and oxygen atoms in total. The SMILES string of the molecule is C=C(CCO)[C@H]1CCC2[C@@H](O[Si](C)(C)C(C)(C)C)CCC[C@@]21C.C=C(CCO[Si](C)(C)C(C)(C)C)[C@H]1CCC2[C@@H](O[Si](C)(C)C(C)(C)C)CCC[C@@]21C.ClCCl. The predicted molar refractivity (Wildman–Crippen MR) is 255 cm³/mol. The Morgan fingerprint density at radius 2 is 0.946 bits per heavy atom. The Labute approximate surface area is 361 Å². The van der Waals surface area contributed by atoms with Gasteiger partial charge in [0.1, 0.15) is 0 Å². The monoisotopic (exact) mass is 875 g/mol. The maximum absolute atomic E-state index is 9.29. The molecule has 0 heterocycles. The lowest BCUT2D eigenvalue weighted by Gasteiger charge is -2.49. The van der Waals surface area contributed by atoms with E-state index in [1.807, 2.05) is 0 Å². The minimum absolute atomic E-state index is 0.194. The highest BCUT2D eigenvalue weighted by molar-refractivity contribution is 6.75. The molecule has 0 amide bonds. The molecule has 0 aromatic rings. The van der Waals surface area contributed by atoms with Crippen LogP contribution in [0.2, 0.25) is 54.4 Å². The molecule has 0 saturated heterocycles. The van der Waals surface area contributed by atoms with Gasteiger partial charge in [-0.3, -0.25) is 0 Å². The number of fused-ring (bicyclic) bond motifs is 2. The van der Waals surface area contributed by atoms with Gasteiger partial charge < -0.3 is 18.4 Å². The van der Waals surface area contributed by atoms with Gasteiger partial charge >= 0.3 is 0 Å². The van der Waals surface area contributed by atoms with E-state index in [-0.39, 0.29) is 27.1 Å². The summed E-state index contributed by atoms with van der Waals surface area (Å²) < 4.78 is 20.4. The molecule has 4 fully saturated rings. The molecule has 4 rings (SSSR count). The van der Waals surface area contributed by atoms with Gasteiger partial charge in [-0.05, 0) is 153 Å². The third-order valence-electron chi connectivity index (χ3n) is 16.7. The van der Waals surface area contributed by atoms with E-state index in [9.17, 15) is 5.11 Å². The van der Waals surface area contributed by atoms with Gasteiger partial charge in [-0.15, -0.1) is 23.2 Å². The second-order valence-electron chi connectivity index (χ2n) is 23.4. The normalized spacial score (nSPS) is 31.4. The Bertz CT molecular complexity index is 1270. The quantitative estimate of drug-likeness (QED) is 0.121. The number of rotatable bonds is 12. The van der Waals surface area contributed by atoms with Crippen LogP contribution in [0.1, 0.15) is 153 Å². The molecular formula is C47H92Cl2O4Si3. The summed E-state index contributed by atoms with van der Waals surface area (Å²) in [7, 11) is -5.12. The van der Waals surface area contributed by atoms with Crippen LogP contribution in [0.25, 0.3) is 0 Å². The number of alkyl halides is 2. The lowest BCUT2D eigenvalue weighted by atomic mass is 9.63. The smallest absolute Gasteiger partial charge is 0.192 e. The van der Waals surface area contributed by atoms with Gasteiger partial charge in [0, 0.05) is 25.4 Å². The topological polar surface area (TPSA) is 47.9 Å². The zero-order valence-corrected chi connectivity index (χ0v) is 44.4. The average Bonchev–Trinajstić information content (AvgIpc) is 3.58. The maximum Gasteiger partial charge on any atom is 0.192 e. The molecule has 330 valence electrons. The molecule has 2 unspecified atom stereocenters. The predicted octanol–water partition coefficient (Wildman–Crippen LogP) is 15.5. The molecule has 9 heteroatoms. The van der Waals surface area contributed by atoms with Crippen LogP contribution < -0.4 is 0 Å². The molecule has 1 N–H and O–H groups in total. The Morgan fingerprint density at radius 1 is 0.607 bits per heavy atom. The van der Waals surface area contributed by atoms with E-state index in [2.05, 4.69) is 129 Å². The van der Waals surface area contributed by atoms with Crippen LogP contribution in [0.15, 0.2) is 24.3 Å². The Kier molecular flexibility index (Phi) is 19.0. The van der Waals surface area contributed by atoms with Crippen molar-refractivity contribution in [2.45, 2.75) is 220 Å². The number of halogens is 2. The van der Waals surface area contributed by atoms with Gasteiger partial charge in [0.05, 0.1) is 5.34 Å². The molecule has 0 radical (unpaired) electrons. The summed E-state index contributed by atoms with van der Waals surface area (Å²) in [5, 5.41) is 10.3. The van der Waals surface area contributed by atoms with E-state index >= 15 is 0 Å². The second-order valence-corrected chi connectivity index (χ2v) is 38.5. The van der Waals surface area contributed by atoms with E-state index < -0.39 is 25.0 Å². The number of aliphatic hydroxyl groups excluding tert-OH is 1. The number of hydrogen-bond donors (Lipinski definition) is 1. The van der Waals surface area contributed by atoms with E-state index in [0.717, 1.165) is 19.4 Å². The van der Waals surface area contributed by atoms with Gasteiger partial charge in [-0.2, -0.15) is 0 Å². The zero-order chi connectivity index (χ0) is 43.3. The number of aliphatic hydroxyl groups is 1. The van der Waals surface area contributed by atoms with Crippen molar-refractivity contribution in [2.24, 2.45) is 34.5 Å². The minimum atomic E-state index is -1.73. The van der Waals surface area contributed by atoms with E-state index in [1.54, 1.807) is 0 Å². The average molecular weight is 876 g/mol. The van der Waals surface area contributed by atoms with Gasteiger partial charge in [0.2, 0.25) is 0 Å². The molecule has 4 aliphatic rings. The first-order chi connectivity index (χ1) is 25.4. The zero-order valence-electron chi connectivity index (χ0n) is 39.9. The Balaban J connectivity index is 0.000000372. The van der Waals surface area contributed by atoms with Crippen LogP contribution in [0.3, 0.4) is 0 Å². The fourth-order valence-electron chi connectivity index (χ4n) is 10.1. The fraction of sp³-hybridized carbons (Fsp3) is 0.915. The molecule has 0 aromatic carbocycles. The fourth-order valence-corrected chi connectivity index (χ4v) is 13.9. The summed E-state index contributed by atoms with van der Waals surface area (Å²) >= 11 is 9.53. The third-order valence-corrected chi connectivity index (χ3v) is 30.3. The van der Waals surface area contributed by atoms with Crippen molar-refractivity contribution in [2.75, 3.05) is 18.6 Å². The molecule has 0 aromatic heterocycles. The van der Waals surface area contributed by atoms with Crippen molar-refractivity contribution in [1.29, 1.82) is 0 Å². The van der Waals surface area contributed by atoms with Gasteiger partial charge in [-0.1, -0.05) is 113 Å². The lowest BCUT2D eigenvalue weighted by molar-refractivity contribution is -0.00427. The van der Waals surface area contributed by atoms with Crippen LogP contribution in [0.4, 0.5) is 0 Å². The highest BCUT2D eigenvalue weighted by atomic mass is 35.5. The molecule has 0 spiro atoms. The van der Waals surface area contributed by atoms with Crippen molar-refractivity contribution < 1.29 is 18.4 Å². The number of hydrogen-bond acceptors (Lipinski definition) is 4. The Hall–Kier alpha value is 0.551. The first-order valence-corrected chi connectivity index (χ1v) is 32.2. The molecule has 0 bridgehead atoms. The van der Waals surface area contributed by atoms with E-state index in [1.165, 1.54) is 75.4 Å². The molecule has 4 saturated carbocycles. The summed E-state index contributed by atoms with van der Waals surface area (Å²) in [5.41, 5.74) is 3.40. The molecule has 4 aliphatic carbocycles. The van der Waals surface area contributed by atoms with Crippen LogP contribution in [-0.4, -0.2) is 60.8 Å². The lowest BCUT2D eigenvalue weighted by Crippen LogP contribution is -2.50. The summed E-state index contributed by atoms with van der Waals surface area (Å²) in [4.78, 5) is 0. The van der Waals surface area contributed by atoms with Crippen molar-refractivity contribution in [3.63, 3.8) is 0 Å². The third kappa shape index (κ3) is 12.6. The van der Waals surface area contributed by atoms with Gasteiger partial charge in [0.15, 0.2) is 25.0 Å². The van der Waals surface area contributed by atoms with Crippen LogP contribution >= 0.6 is 23.2 Å². The summed E-state index contributed by atoms with van der Waals surface area (Å²) in [6, 6.07) is 0. The summed E-state index contributed by atoms with van der Waals surface area (Å²) in [6.45, 7) is 50.4. The molecular weight excluding hydrogens is 784 g/mol. The minimum Gasteiger partial charge on any atom is -0.417 e. The van der Waals surface area contributed by atoms with Crippen LogP contribution in [0, 0.1) is 34.5 Å².